The molecule has 3 heteroatoms. The Hall–Kier alpha value is -1.09. The van der Waals surface area contributed by atoms with Gasteiger partial charge in [-0.3, -0.25) is 4.99 Å². The van der Waals surface area contributed by atoms with E-state index in [2.05, 4.69) is 10.5 Å². The van der Waals surface area contributed by atoms with E-state index in [-0.39, 0.29) is 5.54 Å². The van der Waals surface area contributed by atoms with Crippen molar-refractivity contribution >= 4 is 6.21 Å². The third-order valence-electron chi connectivity index (χ3n) is 1.52. The molecular formula is C9H14N2O. The molecule has 1 rings (SSSR count). The van der Waals surface area contributed by atoms with Crippen LogP contribution in [0.15, 0.2) is 29.0 Å². The van der Waals surface area contributed by atoms with Gasteiger partial charge in [-0.25, -0.2) is 0 Å². The summed E-state index contributed by atoms with van der Waals surface area (Å²) in [5.41, 5.74) is 2.48. The molecule has 0 amide bonds. The van der Waals surface area contributed by atoms with E-state index in [1.54, 1.807) is 13.3 Å². The number of hydrogen-bond donors (Lipinski definition) is 1. The first-order valence-electron chi connectivity index (χ1n) is 3.92. The molecule has 1 aliphatic heterocycles. The number of nitrogens with zero attached hydrogens (tertiary/aromatic N) is 1. The molecule has 0 saturated heterocycles. The summed E-state index contributed by atoms with van der Waals surface area (Å²) in [5.74, 6) is 0.770. The first-order valence-corrected chi connectivity index (χ1v) is 3.92. The lowest BCUT2D eigenvalue weighted by Gasteiger charge is -2.11. The molecule has 0 radical (unpaired) electrons. The molecule has 0 aromatic rings. The first kappa shape index (κ1) is 9.00. The number of nitrogens with one attached hydrogen (secondary N) is 1. The van der Waals surface area contributed by atoms with Crippen molar-refractivity contribution in [3.63, 3.8) is 0 Å². The fourth-order valence-electron chi connectivity index (χ4n) is 0.873. The van der Waals surface area contributed by atoms with Crippen LogP contribution in [0.2, 0.25) is 0 Å². The molecule has 0 bridgehead atoms. The van der Waals surface area contributed by atoms with Crippen molar-refractivity contribution in [1.29, 1.82) is 0 Å². The fourth-order valence-corrected chi connectivity index (χ4v) is 0.873. The number of hydrogen-bond acceptors (Lipinski definition) is 3. The second kappa shape index (κ2) is 3.54. The zero-order valence-corrected chi connectivity index (χ0v) is 7.66. The van der Waals surface area contributed by atoms with Gasteiger partial charge in [0.2, 0.25) is 0 Å². The van der Waals surface area contributed by atoms with E-state index in [4.69, 9.17) is 4.84 Å². The molecule has 12 heavy (non-hydrogen) atoms. The summed E-state index contributed by atoms with van der Waals surface area (Å²) >= 11 is 0. The van der Waals surface area contributed by atoms with Gasteiger partial charge in [0.1, 0.15) is 5.76 Å². The van der Waals surface area contributed by atoms with Gasteiger partial charge in [-0.15, -0.1) is 0 Å². The van der Waals surface area contributed by atoms with Gasteiger partial charge < -0.3 is 4.84 Å². The van der Waals surface area contributed by atoms with Crippen LogP contribution in [0.25, 0.3) is 0 Å². The number of allylic oxidation sites excluding steroid dienone is 2. The fraction of sp³-hybridized carbons (Fsp3) is 0.444. The molecule has 0 aromatic heterocycles. The van der Waals surface area contributed by atoms with Crippen LogP contribution >= 0.6 is 0 Å². The van der Waals surface area contributed by atoms with Gasteiger partial charge in [0.05, 0.1) is 5.54 Å². The number of rotatable bonds is 2. The van der Waals surface area contributed by atoms with Crippen LogP contribution in [0.3, 0.4) is 0 Å². The van der Waals surface area contributed by atoms with Gasteiger partial charge in [-0.2, -0.15) is 5.48 Å². The largest absolute Gasteiger partial charge is 0.409 e. The van der Waals surface area contributed by atoms with Crippen LogP contribution in [-0.2, 0) is 4.84 Å². The van der Waals surface area contributed by atoms with Crippen LogP contribution in [0.4, 0.5) is 0 Å². The first-order chi connectivity index (χ1) is 5.64. The van der Waals surface area contributed by atoms with E-state index in [1.165, 1.54) is 0 Å². The average Bonchev–Trinajstić information content (AvgIpc) is 2.14. The SMILES string of the molecule is CNOC1=CC=NC(C)(C)C=C1. The number of hydroxylamine groups is 1. The highest BCUT2D eigenvalue weighted by Gasteiger charge is 2.11. The third-order valence-corrected chi connectivity index (χ3v) is 1.52. The van der Waals surface area contributed by atoms with Crippen LogP contribution in [0, 0.1) is 0 Å². The zero-order valence-electron chi connectivity index (χ0n) is 7.66. The second-order valence-electron chi connectivity index (χ2n) is 3.14. The summed E-state index contributed by atoms with van der Waals surface area (Å²) in [4.78, 5) is 9.38. The lowest BCUT2D eigenvalue weighted by atomic mass is 10.1. The third kappa shape index (κ3) is 2.51. The quantitative estimate of drug-likeness (QED) is 0.630. The average molecular weight is 166 g/mol. The van der Waals surface area contributed by atoms with Crippen LogP contribution in [0.1, 0.15) is 13.8 Å². The smallest absolute Gasteiger partial charge is 0.148 e. The normalized spacial score (nSPS) is 20.1. The van der Waals surface area contributed by atoms with E-state index in [1.807, 2.05) is 32.1 Å². The molecule has 1 heterocycles. The predicted molar refractivity (Wildman–Crippen MR) is 49.9 cm³/mol. The van der Waals surface area contributed by atoms with E-state index in [9.17, 15) is 0 Å². The Labute approximate surface area is 72.8 Å². The molecule has 0 aliphatic carbocycles. The van der Waals surface area contributed by atoms with E-state index >= 15 is 0 Å². The molecule has 66 valence electrons. The highest BCUT2D eigenvalue weighted by Crippen LogP contribution is 2.14. The van der Waals surface area contributed by atoms with Crippen molar-refractivity contribution in [2.45, 2.75) is 19.4 Å². The summed E-state index contributed by atoms with van der Waals surface area (Å²) in [7, 11) is 1.72. The molecule has 1 aliphatic rings. The molecule has 0 aromatic carbocycles. The topological polar surface area (TPSA) is 33.6 Å². The molecular weight excluding hydrogens is 152 g/mol. The lowest BCUT2D eigenvalue weighted by molar-refractivity contribution is 0.137. The van der Waals surface area contributed by atoms with E-state index < -0.39 is 0 Å². The van der Waals surface area contributed by atoms with Crippen molar-refractivity contribution in [3.05, 3.63) is 24.0 Å². The minimum atomic E-state index is -0.130. The zero-order chi connectivity index (χ0) is 9.03. The second-order valence-corrected chi connectivity index (χ2v) is 3.14. The standard InChI is InChI=1S/C9H14N2O/c1-9(2)6-4-8(12-10-3)5-7-11-9/h4-7,10H,1-3H3. The van der Waals surface area contributed by atoms with Gasteiger partial charge in [0.15, 0.2) is 0 Å². The minimum Gasteiger partial charge on any atom is -0.409 e. The summed E-state index contributed by atoms with van der Waals surface area (Å²) < 4.78 is 0. The Balaban J connectivity index is 2.72. The summed E-state index contributed by atoms with van der Waals surface area (Å²) in [6, 6.07) is 0. The Morgan fingerprint density at radius 2 is 2.25 bits per heavy atom. The molecule has 1 N–H and O–H groups in total. The van der Waals surface area contributed by atoms with Crippen molar-refractivity contribution < 1.29 is 4.84 Å². The molecule has 0 spiro atoms. The Morgan fingerprint density at radius 3 is 2.92 bits per heavy atom. The summed E-state index contributed by atoms with van der Waals surface area (Å²) in [6.45, 7) is 4.08. The maximum Gasteiger partial charge on any atom is 0.148 e. The molecule has 0 atom stereocenters. The van der Waals surface area contributed by atoms with Gasteiger partial charge in [0.25, 0.3) is 0 Å². The van der Waals surface area contributed by atoms with E-state index in [0.717, 1.165) is 5.76 Å². The minimum absolute atomic E-state index is 0.130. The molecule has 0 saturated carbocycles. The highest BCUT2D eigenvalue weighted by atomic mass is 16.6. The monoisotopic (exact) mass is 166 g/mol. The highest BCUT2D eigenvalue weighted by molar-refractivity contribution is 5.73. The predicted octanol–water partition coefficient (Wildman–Crippen LogP) is 1.44. The molecule has 0 fully saturated rings. The maximum absolute atomic E-state index is 5.09. The Kier molecular flexibility index (Phi) is 2.65. The van der Waals surface area contributed by atoms with Gasteiger partial charge in [0, 0.05) is 19.3 Å². The van der Waals surface area contributed by atoms with Crippen molar-refractivity contribution in [2.75, 3.05) is 7.05 Å². The Morgan fingerprint density at radius 1 is 1.50 bits per heavy atom. The molecule has 0 unspecified atom stereocenters. The lowest BCUT2D eigenvalue weighted by Crippen LogP contribution is -2.11. The van der Waals surface area contributed by atoms with Crippen LogP contribution in [0.5, 0.6) is 0 Å². The summed E-state index contributed by atoms with van der Waals surface area (Å²) in [6.07, 6.45) is 7.48. The van der Waals surface area contributed by atoms with Gasteiger partial charge >= 0.3 is 0 Å². The van der Waals surface area contributed by atoms with Crippen molar-refractivity contribution in [3.8, 4) is 0 Å². The van der Waals surface area contributed by atoms with Gasteiger partial charge in [-0.1, -0.05) is 6.08 Å². The van der Waals surface area contributed by atoms with Gasteiger partial charge in [-0.05, 0) is 19.9 Å². The number of aliphatic imine (C=N–C) groups is 1. The molecule has 3 nitrogen and oxygen atoms in total. The van der Waals surface area contributed by atoms with Crippen molar-refractivity contribution in [2.24, 2.45) is 4.99 Å². The van der Waals surface area contributed by atoms with Crippen LogP contribution in [-0.4, -0.2) is 18.8 Å². The van der Waals surface area contributed by atoms with E-state index in [0.29, 0.717) is 0 Å². The maximum atomic E-state index is 5.09. The van der Waals surface area contributed by atoms with Crippen LogP contribution < -0.4 is 5.48 Å². The Bertz CT molecular complexity index is 239. The van der Waals surface area contributed by atoms with Crippen molar-refractivity contribution in [1.82, 2.24) is 5.48 Å². The summed E-state index contributed by atoms with van der Waals surface area (Å²) in [5, 5.41) is 0.